The first-order valence-corrected chi connectivity index (χ1v) is 8.01. The predicted octanol–water partition coefficient (Wildman–Crippen LogP) is 4.43. The maximum Gasteiger partial charge on any atom is 0.154 e. The van der Waals surface area contributed by atoms with Crippen LogP contribution in [0.5, 0.6) is 0 Å². The molecule has 0 aliphatic heterocycles. The van der Waals surface area contributed by atoms with Gasteiger partial charge in [0.1, 0.15) is 5.78 Å². The molecule has 0 N–H and O–H groups in total. The number of Topliss-reactive ketones (excluding diaryl/α,β-unsaturated/α-hetero) is 1. The van der Waals surface area contributed by atoms with Gasteiger partial charge >= 0.3 is 0 Å². The summed E-state index contributed by atoms with van der Waals surface area (Å²) < 4.78 is 10.1. The predicted molar refractivity (Wildman–Crippen MR) is 95.0 cm³/mol. The zero-order valence-corrected chi connectivity index (χ0v) is 14.6. The van der Waals surface area contributed by atoms with E-state index in [1.54, 1.807) is 12.4 Å². The van der Waals surface area contributed by atoms with Crippen molar-refractivity contribution in [2.24, 2.45) is 0 Å². The van der Waals surface area contributed by atoms with Crippen LogP contribution in [0.2, 0.25) is 0 Å². The fourth-order valence-corrected chi connectivity index (χ4v) is 2.06. The van der Waals surface area contributed by atoms with Gasteiger partial charge in [0, 0.05) is 38.4 Å². The van der Waals surface area contributed by atoms with Crippen molar-refractivity contribution in [2.75, 3.05) is 13.2 Å². The highest BCUT2D eigenvalue weighted by atomic mass is 16.7. The number of hydrogen-bond acceptors (Lipinski definition) is 4. The lowest BCUT2D eigenvalue weighted by Gasteiger charge is -2.11. The van der Waals surface area contributed by atoms with E-state index >= 15 is 0 Å². The molecule has 0 unspecified atom stereocenters. The number of hydrogen-bond donors (Lipinski definition) is 0. The molecule has 1 heterocycles. The van der Waals surface area contributed by atoms with Gasteiger partial charge in [-0.25, -0.2) is 0 Å². The van der Waals surface area contributed by atoms with Crippen LogP contribution in [0.15, 0.2) is 43.8 Å². The standard InChI is InChI=1S/C11H11NO.C6H14O2.C2H4/c13-11-3-1-9(2-4-11)10-5-7-12-8-6-10;1-4-7-6(3)8-5-2;1-2/h1,5-8H,2-4H2;6H,4-5H2,1-3H3;1-2H2. The number of pyridine rings is 1. The number of carbonyl (C=O) groups is 1. The Balaban J connectivity index is 0.000000421. The Labute approximate surface area is 140 Å². The Hall–Kier alpha value is -1.78. The molecule has 0 amide bonds. The minimum absolute atomic E-state index is 0.0370. The smallest absolute Gasteiger partial charge is 0.154 e. The van der Waals surface area contributed by atoms with Gasteiger partial charge in [-0.2, -0.15) is 0 Å². The van der Waals surface area contributed by atoms with Gasteiger partial charge in [-0.3, -0.25) is 9.78 Å². The quantitative estimate of drug-likeness (QED) is 0.595. The lowest BCUT2D eigenvalue weighted by Crippen LogP contribution is -2.11. The van der Waals surface area contributed by atoms with Crippen molar-refractivity contribution in [2.45, 2.75) is 46.3 Å². The summed E-state index contributed by atoms with van der Waals surface area (Å²) in [5, 5.41) is 0. The van der Waals surface area contributed by atoms with Crippen molar-refractivity contribution in [3.63, 3.8) is 0 Å². The second-order valence-corrected chi connectivity index (χ2v) is 4.69. The molecular formula is C19H29NO3. The number of allylic oxidation sites excluding steroid dienone is 2. The molecule has 128 valence electrons. The molecule has 0 saturated heterocycles. The van der Waals surface area contributed by atoms with E-state index in [1.807, 2.05) is 39.0 Å². The molecule has 1 aromatic heterocycles. The zero-order valence-electron chi connectivity index (χ0n) is 14.6. The summed E-state index contributed by atoms with van der Waals surface area (Å²) in [5.41, 5.74) is 2.48. The molecular weight excluding hydrogens is 290 g/mol. The maximum absolute atomic E-state index is 11.0. The monoisotopic (exact) mass is 319 g/mol. The fraction of sp³-hybridized carbons (Fsp3) is 0.474. The van der Waals surface area contributed by atoms with E-state index in [1.165, 1.54) is 11.1 Å². The number of ether oxygens (including phenoxy) is 2. The van der Waals surface area contributed by atoms with Crippen molar-refractivity contribution in [3.8, 4) is 0 Å². The molecule has 4 nitrogen and oxygen atoms in total. The first-order chi connectivity index (χ1) is 11.2. The van der Waals surface area contributed by atoms with E-state index in [-0.39, 0.29) is 6.29 Å². The molecule has 23 heavy (non-hydrogen) atoms. The van der Waals surface area contributed by atoms with Crippen LogP contribution in [0.3, 0.4) is 0 Å². The van der Waals surface area contributed by atoms with Crippen molar-refractivity contribution < 1.29 is 14.3 Å². The van der Waals surface area contributed by atoms with E-state index in [0.29, 0.717) is 18.6 Å². The van der Waals surface area contributed by atoms with E-state index in [2.05, 4.69) is 18.1 Å². The summed E-state index contributed by atoms with van der Waals surface area (Å²) in [6.07, 6.45) is 7.72. The molecule has 0 radical (unpaired) electrons. The van der Waals surface area contributed by atoms with Crippen LogP contribution in [0, 0.1) is 0 Å². The van der Waals surface area contributed by atoms with E-state index in [9.17, 15) is 4.79 Å². The molecule has 1 aromatic rings. The van der Waals surface area contributed by atoms with E-state index in [0.717, 1.165) is 19.6 Å². The minimum Gasteiger partial charge on any atom is -0.353 e. The lowest BCUT2D eigenvalue weighted by atomic mass is 9.94. The highest BCUT2D eigenvalue weighted by Crippen LogP contribution is 2.24. The summed E-state index contributed by atoms with van der Waals surface area (Å²) in [6.45, 7) is 13.3. The molecule has 2 rings (SSSR count). The van der Waals surface area contributed by atoms with Crippen LogP contribution in [0.4, 0.5) is 0 Å². The Bertz CT molecular complexity index is 451. The number of aromatic nitrogens is 1. The highest BCUT2D eigenvalue weighted by molar-refractivity contribution is 5.86. The Morgan fingerprint density at radius 1 is 1.13 bits per heavy atom. The van der Waals surface area contributed by atoms with Gasteiger partial charge < -0.3 is 9.47 Å². The SMILES string of the molecule is C=C.CCOC(C)OCC.O=C1CC=C(c2ccncc2)CC1. The van der Waals surface area contributed by atoms with Gasteiger partial charge in [0.05, 0.1) is 0 Å². The van der Waals surface area contributed by atoms with Crippen LogP contribution in [-0.4, -0.2) is 30.3 Å². The number of rotatable bonds is 5. The van der Waals surface area contributed by atoms with Gasteiger partial charge in [0.2, 0.25) is 0 Å². The summed E-state index contributed by atoms with van der Waals surface area (Å²) in [5.74, 6) is 0.345. The van der Waals surface area contributed by atoms with Gasteiger partial charge in [-0.15, -0.1) is 13.2 Å². The highest BCUT2D eigenvalue weighted by Gasteiger charge is 2.10. The van der Waals surface area contributed by atoms with Crippen LogP contribution in [0.1, 0.15) is 45.6 Å². The summed E-state index contributed by atoms with van der Waals surface area (Å²) >= 11 is 0. The molecule has 0 atom stereocenters. The summed E-state index contributed by atoms with van der Waals surface area (Å²) in [6, 6.07) is 3.98. The Morgan fingerprint density at radius 2 is 1.70 bits per heavy atom. The minimum atomic E-state index is -0.0370. The van der Waals surface area contributed by atoms with Gasteiger partial charge in [-0.05, 0) is 50.5 Å². The summed E-state index contributed by atoms with van der Waals surface area (Å²) in [4.78, 5) is 14.9. The lowest BCUT2D eigenvalue weighted by molar-refractivity contribution is -0.123. The molecule has 0 fully saturated rings. The van der Waals surface area contributed by atoms with Gasteiger partial charge in [0.15, 0.2) is 6.29 Å². The van der Waals surface area contributed by atoms with Crippen LogP contribution >= 0.6 is 0 Å². The molecule has 0 aromatic carbocycles. The summed E-state index contributed by atoms with van der Waals surface area (Å²) in [7, 11) is 0. The topological polar surface area (TPSA) is 48.4 Å². The molecule has 0 saturated carbocycles. The second-order valence-electron chi connectivity index (χ2n) is 4.69. The second kappa shape index (κ2) is 13.9. The number of nitrogens with zero attached hydrogens (tertiary/aromatic N) is 1. The average Bonchev–Trinajstić information content (AvgIpc) is 2.59. The Kier molecular flexibility index (Phi) is 12.8. The number of ketones is 1. The van der Waals surface area contributed by atoms with Crippen molar-refractivity contribution >= 4 is 11.4 Å². The largest absolute Gasteiger partial charge is 0.353 e. The van der Waals surface area contributed by atoms with E-state index in [4.69, 9.17) is 9.47 Å². The van der Waals surface area contributed by atoms with Gasteiger partial charge in [-0.1, -0.05) is 6.08 Å². The molecule has 0 spiro atoms. The van der Waals surface area contributed by atoms with Crippen LogP contribution < -0.4 is 0 Å². The van der Waals surface area contributed by atoms with Crippen molar-refractivity contribution in [3.05, 3.63) is 49.3 Å². The van der Waals surface area contributed by atoms with Gasteiger partial charge in [0.25, 0.3) is 0 Å². The average molecular weight is 319 g/mol. The molecule has 0 bridgehead atoms. The molecule has 1 aliphatic carbocycles. The first kappa shape index (κ1) is 21.2. The van der Waals surface area contributed by atoms with E-state index < -0.39 is 0 Å². The van der Waals surface area contributed by atoms with Crippen LogP contribution in [0.25, 0.3) is 5.57 Å². The zero-order chi connectivity index (χ0) is 17.5. The molecule has 4 heteroatoms. The Morgan fingerprint density at radius 3 is 2.13 bits per heavy atom. The van der Waals surface area contributed by atoms with Crippen LogP contribution in [-0.2, 0) is 14.3 Å². The first-order valence-electron chi connectivity index (χ1n) is 8.01. The third-order valence-corrected chi connectivity index (χ3v) is 3.10. The maximum atomic E-state index is 11.0. The van der Waals surface area contributed by atoms with Crippen molar-refractivity contribution in [1.82, 2.24) is 4.98 Å². The van der Waals surface area contributed by atoms with Crippen molar-refractivity contribution in [1.29, 1.82) is 0 Å². The fourth-order valence-electron chi connectivity index (χ4n) is 2.06. The molecule has 1 aliphatic rings. The third-order valence-electron chi connectivity index (χ3n) is 3.10. The number of carbonyl (C=O) groups excluding carboxylic acids is 1. The third kappa shape index (κ3) is 9.76. The normalized spacial score (nSPS) is 13.4.